The molecule has 0 bridgehead atoms. The summed E-state index contributed by atoms with van der Waals surface area (Å²) in [5.41, 5.74) is -1.29. The van der Waals surface area contributed by atoms with E-state index in [1.54, 1.807) is 4.90 Å². The van der Waals surface area contributed by atoms with E-state index in [1.165, 1.54) is 0 Å². The highest BCUT2D eigenvalue weighted by Gasteiger charge is 2.25. The number of aliphatic hydroxyl groups is 1. The molecule has 1 saturated heterocycles. The lowest BCUT2D eigenvalue weighted by atomic mass is 10.1. The molecule has 0 aliphatic carbocycles. The summed E-state index contributed by atoms with van der Waals surface area (Å²) >= 11 is 0. The zero-order valence-corrected chi connectivity index (χ0v) is 8.05. The van der Waals surface area contributed by atoms with Crippen molar-refractivity contribution < 1.29 is 13.5 Å². The zero-order chi connectivity index (χ0) is 9.19. The predicted octanol–water partition coefficient (Wildman–Crippen LogP) is -0.207. The van der Waals surface area contributed by atoms with Gasteiger partial charge in [-0.2, -0.15) is 0 Å². The van der Waals surface area contributed by atoms with E-state index in [9.17, 15) is 13.5 Å². The van der Waals surface area contributed by atoms with Gasteiger partial charge in [-0.1, -0.05) is 6.42 Å². The van der Waals surface area contributed by atoms with Crippen LogP contribution in [0.3, 0.4) is 0 Å². The van der Waals surface area contributed by atoms with Crippen molar-refractivity contribution in [2.45, 2.75) is 24.8 Å². The van der Waals surface area contributed by atoms with E-state index < -0.39 is 15.4 Å². The molecule has 1 fully saturated rings. The van der Waals surface area contributed by atoms with Gasteiger partial charge in [-0.25, -0.2) is 8.42 Å². The third kappa shape index (κ3) is 2.43. The first-order chi connectivity index (χ1) is 5.52. The SMILES string of the molecule is CS(=O)(=O)C(O)N1CCCCC1. The van der Waals surface area contributed by atoms with Crippen molar-refractivity contribution in [2.75, 3.05) is 19.3 Å². The first kappa shape index (κ1) is 9.95. The highest BCUT2D eigenvalue weighted by molar-refractivity contribution is 7.91. The van der Waals surface area contributed by atoms with Crippen LogP contribution in [0.1, 0.15) is 19.3 Å². The van der Waals surface area contributed by atoms with Crippen molar-refractivity contribution in [3.8, 4) is 0 Å². The number of aliphatic hydroxyl groups excluding tert-OH is 1. The van der Waals surface area contributed by atoms with E-state index in [0.717, 1.165) is 25.5 Å². The van der Waals surface area contributed by atoms with Crippen molar-refractivity contribution in [1.82, 2.24) is 4.90 Å². The summed E-state index contributed by atoms with van der Waals surface area (Å²) in [6.07, 6.45) is 4.15. The molecule has 0 spiro atoms. The van der Waals surface area contributed by atoms with Crippen molar-refractivity contribution >= 4 is 9.84 Å². The molecular formula is C7H15NO3S. The molecule has 0 saturated carbocycles. The topological polar surface area (TPSA) is 57.6 Å². The third-order valence-electron chi connectivity index (χ3n) is 2.09. The lowest BCUT2D eigenvalue weighted by Gasteiger charge is -2.29. The summed E-state index contributed by atoms with van der Waals surface area (Å²) < 4.78 is 21.9. The van der Waals surface area contributed by atoms with Crippen LogP contribution in [-0.2, 0) is 9.84 Å². The van der Waals surface area contributed by atoms with Crippen LogP contribution < -0.4 is 0 Å². The van der Waals surface area contributed by atoms with Gasteiger partial charge in [-0.05, 0) is 12.8 Å². The van der Waals surface area contributed by atoms with Gasteiger partial charge in [0.2, 0.25) is 5.56 Å². The summed E-state index contributed by atoms with van der Waals surface area (Å²) in [7, 11) is -3.32. The molecule has 0 radical (unpaired) electrons. The summed E-state index contributed by atoms with van der Waals surface area (Å²) in [5.74, 6) is 0. The Bertz CT molecular complexity index is 231. The lowest BCUT2D eigenvalue weighted by molar-refractivity contribution is 0.0526. The van der Waals surface area contributed by atoms with E-state index in [-0.39, 0.29) is 0 Å². The van der Waals surface area contributed by atoms with Crippen molar-refractivity contribution in [2.24, 2.45) is 0 Å². The molecule has 1 aliphatic heterocycles. The van der Waals surface area contributed by atoms with Gasteiger partial charge in [0.25, 0.3) is 0 Å². The van der Waals surface area contributed by atoms with E-state index >= 15 is 0 Å². The highest BCUT2D eigenvalue weighted by Crippen LogP contribution is 2.13. The average molecular weight is 193 g/mol. The number of likely N-dealkylation sites (tertiary alicyclic amines) is 1. The van der Waals surface area contributed by atoms with Crippen molar-refractivity contribution in [3.05, 3.63) is 0 Å². The fraction of sp³-hybridized carbons (Fsp3) is 1.00. The predicted molar refractivity (Wildman–Crippen MR) is 46.3 cm³/mol. The second kappa shape index (κ2) is 3.72. The molecule has 5 heteroatoms. The summed E-state index contributed by atoms with van der Waals surface area (Å²) in [6.45, 7) is 1.38. The van der Waals surface area contributed by atoms with Crippen LogP contribution in [0, 0.1) is 0 Å². The summed E-state index contributed by atoms with van der Waals surface area (Å²) in [4.78, 5) is 1.61. The van der Waals surface area contributed by atoms with Gasteiger partial charge < -0.3 is 5.11 Å². The minimum Gasteiger partial charge on any atom is -0.365 e. The Morgan fingerprint density at radius 3 is 2.17 bits per heavy atom. The monoisotopic (exact) mass is 193 g/mol. The van der Waals surface area contributed by atoms with Crippen LogP contribution in [0.2, 0.25) is 0 Å². The van der Waals surface area contributed by atoms with Crippen molar-refractivity contribution in [1.29, 1.82) is 0 Å². The Morgan fingerprint density at radius 1 is 1.25 bits per heavy atom. The molecule has 1 unspecified atom stereocenters. The Hall–Kier alpha value is -0.130. The minimum atomic E-state index is -3.32. The van der Waals surface area contributed by atoms with Gasteiger partial charge >= 0.3 is 0 Å². The van der Waals surface area contributed by atoms with Gasteiger partial charge in [0.05, 0.1) is 0 Å². The van der Waals surface area contributed by atoms with Crippen LogP contribution in [0.5, 0.6) is 0 Å². The van der Waals surface area contributed by atoms with Gasteiger partial charge in [-0.15, -0.1) is 0 Å². The van der Waals surface area contributed by atoms with E-state index in [0.29, 0.717) is 13.1 Å². The molecule has 1 heterocycles. The molecule has 1 rings (SSSR count). The van der Waals surface area contributed by atoms with Crippen LogP contribution in [0.15, 0.2) is 0 Å². The smallest absolute Gasteiger partial charge is 0.211 e. The first-order valence-electron chi connectivity index (χ1n) is 4.13. The van der Waals surface area contributed by atoms with Crippen LogP contribution in [0.25, 0.3) is 0 Å². The number of rotatable bonds is 2. The quantitative estimate of drug-likeness (QED) is 0.659. The average Bonchev–Trinajstić information content (AvgIpc) is 2.03. The molecule has 12 heavy (non-hydrogen) atoms. The Labute approximate surface area is 73.1 Å². The third-order valence-corrected chi connectivity index (χ3v) is 3.15. The Balaban J connectivity index is 2.57. The molecule has 0 amide bonds. The Kier molecular flexibility index (Phi) is 3.09. The molecule has 1 N–H and O–H groups in total. The van der Waals surface area contributed by atoms with Crippen LogP contribution in [0.4, 0.5) is 0 Å². The molecule has 4 nitrogen and oxygen atoms in total. The van der Waals surface area contributed by atoms with Crippen molar-refractivity contribution in [3.63, 3.8) is 0 Å². The molecule has 72 valence electrons. The summed E-state index contributed by atoms with van der Waals surface area (Å²) in [5, 5.41) is 9.35. The number of piperidine rings is 1. The van der Waals surface area contributed by atoms with Crippen LogP contribution >= 0.6 is 0 Å². The Morgan fingerprint density at radius 2 is 1.75 bits per heavy atom. The largest absolute Gasteiger partial charge is 0.365 e. The van der Waals surface area contributed by atoms with E-state index in [2.05, 4.69) is 0 Å². The number of nitrogens with zero attached hydrogens (tertiary/aromatic N) is 1. The number of hydrogen-bond acceptors (Lipinski definition) is 4. The summed E-state index contributed by atoms with van der Waals surface area (Å²) in [6, 6.07) is 0. The number of sulfone groups is 1. The van der Waals surface area contributed by atoms with Gasteiger partial charge in [0.1, 0.15) is 0 Å². The standard InChI is InChI=1S/C7H15NO3S/c1-12(10,11)7(9)8-5-3-2-4-6-8/h7,9H,2-6H2,1H3. The fourth-order valence-corrected chi connectivity index (χ4v) is 2.16. The lowest BCUT2D eigenvalue weighted by Crippen LogP contribution is -2.43. The molecule has 0 aromatic rings. The van der Waals surface area contributed by atoms with Crippen LogP contribution in [-0.4, -0.2) is 43.3 Å². The maximum Gasteiger partial charge on any atom is 0.211 e. The normalized spacial score (nSPS) is 23.8. The van der Waals surface area contributed by atoms with Gasteiger partial charge in [-0.3, -0.25) is 4.90 Å². The minimum absolute atomic E-state index is 0.689. The second-order valence-corrected chi connectivity index (χ2v) is 5.33. The fourth-order valence-electron chi connectivity index (χ4n) is 1.41. The highest BCUT2D eigenvalue weighted by atomic mass is 32.2. The molecule has 0 aromatic heterocycles. The van der Waals surface area contributed by atoms with E-state index in [1.807, 2.05) is 0 Å². The van der Waals surface area contributed by atoms with Gasteiger partial charge in [0.15, 0.2) is 9.84 Å². The molecular weight excluding hydrogens is 178 g/mol. The molecule has 1 aliphatic rings. The van der Waals surface area contributed by atoms with Gasteiger partial charge in [0, 0.05) is 19.3 Å². The number of hydrogen-bond donors (Lipinski definition) is 1. The molecule has 0 aromatic carbocycles. The zero-order valence-electron chi connectivity index (χ0n) is 7.23. The van der Waals surface area contributed by atoms with E-state index in [4.69, 9.17) is 0 Å². The maximum atomic E-state index is 10.9. The second-order valence-electron chi connectivity index (χ2n) is 3.25. The first-order valence-corrected chi connectivity index (χ1v) is 6.08. The maximum absolute atomic E-state index is 10.9. The molecule has 1 atom stereocenters.